The van der Waals surface area contributed by atoms with Gasteiger partial charge in [-0.05, 0) is 12.1 Å². The fourth-order valence-electron chi connectivity index (χ4n) is 1.17. The van der Waals surface area contributed by atoms with Crippen molar-refractivity contribution in [2.75, 3.05) is 12.4 Å². The Kier molecular flexibility index (Phi) is 3.81. The number of carbonyl (C=O) groups excluding carboxylic acids is 1. The highest BCUT2D eigenvalue weighted by Gasteiger charge is 2.17. The first-order valence-electron chi connectivity index (χ1n) is 4.01. The molecule has 0 atom stereocenters. The third-order valence-corrected chi connectivity index (χ3v) is 2.36. The quantitative estimate of drug-likeness (QED) is 0.626. The van der Waals surface area contributed by atoms with Crippen LogP contribution in [0.3, 0.4) is 0 Å². The van der Waals surface area contributed by atoms with E-state index in [1.807, 2.05) is 0 Å². The summed E-state index contributed by atoms with van der Waals surface area (Å²) in [5, 5.41) is 8.91. The Bertz CT molecular complexity index is 440. The molecule has 0 saturated carbocycles. The molecule has 0 bridgehead atoms. The molecule has 0 saturated heterocycles. The van der Waals surface area contributed by atoms with Crippen molar-refractivity contribution in [2.45, 2.75) is 0 Å². The summed E-state index contributed by atoms with van der Waals surface area (Å²) in [6.07, 6.45) is 0. The first kappa shape index (κ1) is 11.7. The molecular weight excluding hydrogens is 265 g/mol. The standard InChI is InChI=1S/C10H7BrFNO2/c1-15-10-7(5-13)6(9(14)4-11)2-3-8(10)12/h2-3H,4H2,1H3. The molecule has 0 aliphatic heterocycles. The number of nitriles is 1. The predicted octanol–water partition coefficient (Wildman–Crippen LogP) is 2.28. The van der Waals surface area contributed by atoms with Crippen LogP contribution >= 0.6 is 15.9 Å². The fourth-order valence-corrected chi connectivity index (χ4v) is 1.47. The Balaban J connectivity index is 3.43. The normalized spacial score (nSPS) is 9.47. The van der Waals surface area contributed by atoms with E-state index in [-0.39, 0.29) is 28.0 Å². The molecule has 0 aromatic heterocycles. The summed E-state index contributed by atoms with van der Waals surface area (Å²) in [4.78, 5) is 11.4. The van der Waals surface area contributed by atoms with E-state index in [0.717, 1.165) is 6.07 Å². The van der Waals surface area contributed by atoms with Gasteiger partial charge in [0.15, 0.2) is 17.3 Å². The summed E-state index contributed by atoms with van der Waals surface area (Å²) in [6.45, 7) is 0. The number of alkyl halides is 1. The van der Waals surface area contributed by atoms with Crippen molar-refractivity contribution < 1.29 is 13.9 Å². The fraction of sp³-hybridized carbons (Fsp3) is 0.200. The number of benzene rings is 1. The van der Waals surface area contributed by atoms with Crippen molar-refractivity contribution >= 4 is 21.7 Å². The lowest BCUT2D eigenvalue weighted by Gasteiger charge is -2.07. The van der Waals surface area contributed by atoms with Crippen molar-refractivity contribution in [2.24, 2.45) is 0 Å². The summed E-state index contributed by atoms with van der Waals surface area (Å²) in [5.41, 5.74) is 0.0922. The highest BCUT2D eigenvalue weighted by atomic mass is 79.9. The average Bonchev–Trinajstić information content (AvgIpc) is 2.27. The first-order chi connectivity index (χ1) is 7.15. The van der Waals surface area contributed by atoms with Crippen LogP contribution in [0.2, 0.25) is 0 Å². The van der Waals surface area contributed by atoms with E-state index in [4.69, 9.17) is 10.00 Å². The molecule has 5 heteroatoms. The van der Waals surface area contributed by atoms with Gasteiger partial charge < -0.3 is 4.74 Å². The zero-order chi connectivity index (χ0) is 11.4. The van der Waals surface area contributed by atoms with Crippen molar-refractivity contribution in [1.82, 2.24) is 0 Å². The topological polar surface area (TPSA) is 50.1 Å². The Hall–Kier alpha value is -1.41. The van der Waals surface area contributed by atoms with Gasteiger partial charge in [-0.3, -0.25) is 4.79 Å². The zero-order valence-corrected chi connectivity index (χ0v) is 9.47. The lowest BCUT2D eigenvalue weighted by atomic mass is 10.0. The van der Waals surface area contributed by atoms with Crippen LogP contribution in [-0.4, -0.2) is 18.2 Å². The molecule has 0 radical (unpaired) electrons. The number of hydrogen-bond acceptors (Lipinski definition) is 3. The summed E-state index contributed by atoms with van der Waals surface area (Å²) in [7, 11) is 1.25. The van der Waals surface area contributed by atoms with E-state index in [9.17, 15) is 9.18 Å². The van der Waals surface area contributed by atoms with Gasteiger partial charge in [0, 0.05) is 5.56 Å². The first-order valence-corrected chi connectivity index (χ1v) is 5.13. The number of methoxy groups -OCH3 is 1. The third kappa shape index (κ3) is 2.16. The summed E-state index contributed by atoms with van der Waals surface area (Å²) in [6, 6.07) is 4.15. The zero-order valence-electron chi connectivity index (χ0n) is 7.88. The lowest BCUT2D eigenvalue weighted by Crippen LogP contribution is -2.05. The van der Waals surface area contributed by atoms with E-state index in [1.165, 1.54) is 13.2 Å². The Labute approximate surface area is 94.6 Å². The maximum Gasteiger partial charge on any atom is 0.174 e. The van der Waals surface area contributed by atoms with Gasteiger partial charge in [-0.1, -0.05) is 15.9 Å². The molecule has 0 spiro atoms. The van der Waals surface area contributed by atoms with Crippen LogP contribution in [-0.2, 0) is 0 Å². The van der Waals surface area contributed by atoms with Crippen LogP contribution in [0.5, 0.6) is 5.75 Å². The number of rotatable bonds is 3. The van der Waals surface area contributed by atoms with Crippen molar-refractivity contribution in [3.8, 4) is 11.8 Å². The van der Waals surface area contributed by atoms with Gasteiger partial charge in [-0.15, -0.1) is 0 Å². The molecule has 0 heterocycles. The van der Waals surface area contributed by atoms with E-state index in [1.54, 1.807) is 6.07 Å². The Morgan fingerprint density at radius 3 is 2.80 bits per heavy atom. The molecule has 0 N–H and O–H groups in total. The second-order valence-electron chi connectivity index (χ2n) is 2.67. The van der Waals surface area contributed by atoms with Gasteiger partial charge in [0.05, 0.1) is 12.4 Å². The number of Topliss-reactive ketones (excluding diaryl/α,β-unsaturated/α-hetero) is 1. The minimum absolute atomic E-state index is 0.0676. The summed E-state index contributed by atoms with van der Waals surface area (Å²) < 4.78 is 17.9. The van der Waals surface area contributed by atoms with Gasteiger partial charge >= 0.3 is 0 Å². The van der Waals surface area contributed by atoms with Gasteiger partial charge in [0.1, 0.15) is 11.6 Å². The molecule has 15 heavy (non-hydrogen) atoms. The highest BCUT2D eigenvalue weighted by Crippen LogP contribution is 2.25. The minimum atomic E-state index is -0.653. The number of halogens is 2. The van der Waals surface area contributed by atoms with E-state index in [0.29, 0.717) is 0 Å². The van der Waals surface area contributed by atoms with Crippen LogP contribution in [0.25, 0.3) is 0 Å². The second kappa shape index (κ2) is 4.89. The van der Waals surface area contributed by atoms with Crippen LogP contribution in [0.4, 0.5) is 4.39 Å². The molecule has 0 amide bonds. The van der Waals surface area contributed by atoms with E-state index < -0.39 is 5.82 Å². The monoisotopic (exact) mass is 271 g/mol. The molecule has 0 unspecified atom stereocenters. The maximum absolute atomic E-state index is 13.2. The maximum atomic E-state index is 13.2. The largest absolute Gasteiger partial charge is 0.492 e. The summed E-state index contributed by atoms with van der Waals surface area (Å²) >= 11 is 2.99. The van der Waals surface area contributed by atoms with Gasteiger partial charge in [-0.25, -0.2) is 4.39 Å². The SMILES string of the molecule is COc1c(F)ccc(C(=O)CBr)c1C#N. The van der Waals surface area contributed by atoms with E-state index in [2.05, 4.69) is 15.9 Å². The van der Waals surface area contributed by atoms with Gasteiger partial charge in [0.25, 0.3) is 0 Å². The Morgan fingerprint density at radius 1 is 1.67 bits per heavy atom. The number of hydrogen-bond donors (Lipinski definition) is 0. The molecule has 0 fully saturated rings. The highest BCUT2D eigenvalue weighted by molar-refractivity contribution is 9.09. The summed E-state index contributed by atoms with van der Waals surface area (Å²) in [5.74, 6) is -1.13. The number of ether oxygens (including phenoxy) is 1. The van der Waals surface area contributed by atoms with Gasteiger partial charge in [-0.2, -0.15) is 5.26 Å². The van der Waals surface area contributed by atoms with Gasteiger partial charge in [0.2, 0.25) is 0 Å². The van der Waals surface area contributed by atoms with Crippen molar-refractivity contribution in [1.29, 1.82) is 5.26 Å². The number of nitrogens with zero attached hydrogens (tertiary/aromatic N) is 1. The smallest absolute Gasteiger partial charge is 0.174 e. The lowest BCUT2D eigenvalue weighted by molar-refractivity contribution is 0.102. The van der Waals surface area contributed by atoms with Crippen LogP contribution in [0.15, 0.2) is 12.1 Å². The molecule has 78 valence electrons. The average molecular weight is 272 g/mol. The predicted molar refractivity (Wildman–Crippen MR) is 55.8 cm³/mol. The van der Waals surface area contributed by atoms with Crippen LogP contribution < -0.4 is 4.74 Å². The van der Waals surface area contributed by atoms with Crippen molar-refractivity contribution in [3.05, 3.63) is 29.1 Å². The molecule has 1 rings (SSSR count). The molecule has 1 aromatic rings. The third-order valence-electron chi connectivity index (χ3n) is 1.85. The molecule has 0 aliphatic carbocycles. The second-order valence-corrected chi connectivity index (χ2v) is 3.23. The van der Waals surface area contributed by atoms with Crippen LogP contribution in [0.1, 0.15) is 15.9 Å². The minimum Gasteiger partial charge on any atom is -0.492 e. The van der Waals surface area contributed by atoms with Crippen LogP contribution in [0, 0.1) is 17.1 Å². The number of ketones is 1. The molecule has 3 nitrogen and oxygen atoms in total. The number of carbonyl (C=O) groups is 1. The van der Waals surface area contributed by atoms with E-state index >= 15 is 0 Å². The molecule has 1 aromatic carbocycles. The Morgan fingerprint density at radius 2 is 2.33 bits per heavy atom. The molecule has 0 aliphatic rings. The van der Waals surface area contributed by atoms with Crippen molar-refractivity contribution in [3.63, 3.8) is 0 Å². The molecular formula is C10H7BrFNO2.